The van der Waals surface area contributed by atoms with Gasteiger partial charge in [0.15, 0.2) is 0 Å². The van der Waals surface area contributed by atoms with E-state index >= 15 is 0 Å². The number of hydrogen-bond acceptors (Lipinski definition) is 3. The lowest BCUT2D eigenvalue weighted by atomic mass is 10.2. The minimum Gasteiger partial charge on any atom is -0.497 e. The van der Waals surface area contributed by atoms with Crippen molar-refractivity contribution in [3.8, 4) is 5.75 Å². The number of methoxy groups -OCH3 is 1. The van der Waals surface area contributed by atoms with Crippen molar-refractivity contribution < 1.29 is 14.3 Å². The molecule has 2 aromatic carbocycles. The van der Waals surface area contributed by atoms with E-state index in [4.69, 9.17) is 4.74 Å². The van der Waals surface area contributed by atoms with Crippen LogP contribution in [0, 0.1) is 0 Å². The number of nitrogens with zero attached hydrogens (tertiary/aromatic N) is 1. The van der Waals surface area contributed by atoms with Crippen LogP contribution in [0.25, 0.3) is 0 Å². The lowest BCUT2D eigenvalue weighted by Crippen LogP contribution is -2.23. The topological polar surface area (TPSA) is 58.6 Å². The summed E-state index contributed by atoms with van der Waals surface area (Å²) in [5.74, 6) is 0.438. The minimum atomic E-state index is -0.196. The van der Waals surface area contributed by atoms with Crippen molar-refractivity contribution in [2.45, 2.75) is 6.42 Å². The third kappa shape index (κ3) is 3.46. The highest BCUT2D eigenvalue weighted by molar-refractivity contribution is 5.97. The van der Waals surface area contributed by atoms with Crippen LogP contribution in [-0.4, -0.2) is 30.4 Å². The number of carbonyl (C=O) groups excluding carboxylic acids is 2. The molecule has 0 atom stereocenters. The van der Waals surface area contributed by atoms with Crippen molar-refractivity contribution in [3.05, 3.63) is 77.6 Å². The quantitative estimate of drug-likeness (QED) is 0.941. The van der Waals surface area contributed by atoms with Crippen molar-refractivity contribution in [3.63, 3.8) is 0 Å². The second-order valence-corrected chi connectivity index (χ2v) is 5.45. The molecule has 2 aromatic rings. The molecule has 1 aliphatic rings. The third-order valence-corrected chi connectivity index (χ3v) is 3.84. The minimum absolute atomic E-state index is 0.0655. The van der Waals surface area contributed by atoms with Gasteiger partial charge < -0.3 is 15.0 Å². The summed E-state index contributed by atoms with van der Waals surface area (Å²) in [5, 5.41) is 2.86. The molecule has 2 amide bonds. The van der Waals surface area contributed by atoms with Crippen molar-refractivity contribution in [1.82, 2.24) is 10.2 Å². The Balaban J connectivity index is 1.65. The summed E-state index contributed by atoms with van der Waals surface area (Å²) in [4.78, 5) is 26.2. The first kappa shape index (κ1) is 15.8. The maximum atomic E-state index is 12.4. The number of amides is 2. The van der Waals surface area contributed by atoms with E-state index in [1.165, 1.54) is 0 Å². The maximum absolute atomic E-state index is 12.4. The summed E-state index contributed by atoms with van der Waals surface area (Å²) in [6.07, 6.45) is 2.33. The summed E-state index contributed by atoms with van der Waals surface area (Å²) in [5.41, 5.74) is 1.92. The molecule has 0 spiro atoms. The molecule has 1 heterocycles. The van der Waals surface area contributed by atoms with E-state index in [-0.39, 0.29) is 11.8 Å². The molecule has 0 aliphatic carbocycles. The molecule has 1 N–H and O–H groups in total. The molecule has 5 heteroatoms. The van der Waals surface area contributed by atoms with Gasteiger partial charge in [-0.05, 0) is 36.4 Å². The van der Waals surface area contributed by atoms with Gasteiger partial charge in [-0.2, -0.15) is 0 Å². The van der Waals surface area contributed by atoms with Gasteiger partial charge in [-0.15, -0.1) is 0 Å². The van der Waals surface area contributed by atoms with Crippen LogP contribution in [0.15, 0.2) is 66.5 Å². The number of ether oxygens (including phenoxy) is 1. The van der Waals surface area contributed by atoms with Crippen molar-refractivity contribution in [2.24, 2.45) is 0 Å². The van der Waals surface area contributed by atoms with Gasteiger partial charge in [0, 0.05) is 36.0 Å². The normalized spacial score (nSPS) is 13.4. The first-order chi connectivity index (χ1) is 11.7. The zero-order chi connectivity index (χ0) is 16.9. The summed E-state index contributed by atoms with van der Waals surface area (Å²) >= 11 is 0. The molecular formula is C19H18N2O3. The molecule has 1 aliphatic heterocycles. The summed E-state index contributed by atoms with van der Waals surface area (Å²) in [7, 11) is 1.58. The van der Waals surface area contributed by atoms with E-state index in [0.29, 0.717) is 29.8 Å². The average molecular weight is 322 g/mol. The lowest BCUT2D eigenvalue weighted by molar-refractivity contribution is 0.0832. The van der Waals surface area contributed by atoms with Crippen LogP contribution in [0.1, 0.15) is 27.1 Å². The SMILES string of the molecule is COc1ccc(C(=O)NC2=CN(C(=O)c3ccccc3)CC2)cc1. The Hall–Kier alpha value is -3.08. The van der Waals surface area contributed by atoms with Crippen LogP contribution >= 0.6 is 0 Å². The molecule has 0 aromatic heterocycles. The van der Waals surface area contributed by atoms with Gasteiger partial charge in [0.2, 0.25) is 0 Å². The molecule has 5 nitrogen and oxygen atoms in total. The third-order valence-electron chi connectivity index (χ3n) is 3.84. The number of benzene rings is 2. The van der Waals surface area contributed by atoms with Crippen molar-refractivity contribution in [1.29, 1.82) is 0 Å². The van der Waals surface area contributed by atoms with Crippen LogP contribution in [0.5, 0.6) is 5.75 Å². The predicted octanol–water partition coefficient (Wildman–Crippen LogP) is 2.81. The van der Waals surface area contributed by atoms with Crippen LogP contribution in [0.2, 0.25) is 0 Å². The second-order valence-electron chi connectivity index (χ2n) is 5.45. The Labute approximate surface area is 140 Å². The van der Waals surface area contributed by atoms with Gasteiger partial charge in [-0.3, -0.25) is 9.59 Å². The van der Waals surface area contributed by atoms with Gasteiger partial charge >= 0.3 is 0 Å². The largest absolute Gasteiger partial charge is 0.497 e. The smallest absolute Gasteiger partial charge is 0.257 e. The summed E-state index contributed by atoms with van der Waals surface area (Å²) in [6.45, 7) is 0.561. The molecule has 0 fully saturated rings. The standard InChI is InChI=1S/C19H18N2O3/c1-24-17-9-7-14(8-10-17)18(22)20-16-11-12-21(13-16)19(23)15-5-3-2-4-6-15/h2-10,13H,11-12H2,1H3,(H,20,22). The van der Waals surface area contributed by atoms with Crippen molar-refractivity contribution in [2.75, 3.05) is 13.7 Å². The van der Waals surface area contributed by atoms with Gasteiger partial charge in [-0.25, -0.2) is 0 Å². The Morgan fingerprint density at radius 1 is 1.00 bits per heavy atom. The Morgan fingerprint density at radius 2 is 1.71 bits per heavy atom. The average Bonchev–Trinajstić information content (AvgIpc) is 3.10. The van der Waals surface area contributed by atoms with Crippen LogP contribution in [0.3, 0.4) is 0 Å². The number of nitrogens with one attached hydrogen (secondary N) is 1. The molecule has 3 rings (SSSR count). The highest BCUT2D eigenvalue weighted by atomic mass is 16.5. The van der Waals surface area contributed by atoms with Crippen LogP contribution < -0.4 is 10.1 Å². The maximum Gasteiger partial charge on any atom is 0.257 e. The van der Waals surface area contributed by atoms with E-state index in [1.54, 1.807) is 54.6 Å². The van der Waals surface area contributed by atoms with Crippen LogP contribution in [-0.2, 0) is 0 Å². The number of rotatable bonds is 4. The van der Waals surface area contributed by atoms with E-state index in [9.17, 15) is 9.59 Å². The Bertz CT molecular complexity index is 767. The monoisotopic (exact) mass is 322 g/mol. The summed E-state index contributed by atoms with van der Waals surface area (Å²) < 4.78 is 5.08. The van der Waals surface area contributed by atoms with Gasteiger partial charge in [0.1, 0.15) is 5.75 Å². The number of hydrogen-bond donors (Lipinski definition) is 1. The fraction of sp³-hybridized carbons (Fsp3) is 0.158. The molecule has 0 unspecified atom stereocenters. The highest BCUT2D eigenvalue weighted by Gasteiger charge is 2.21. The zero-order valence-corrected chi connectivity index (χ0v) is 13.4. The first-order valence-electron chi connectivity index (χ1n) is 7.69. The van der Waals surface area contributed by atoms with Gasteiger partial charge in [0.05, 0.1) is 7.11 Å². The van der Waals surface area contributed by atoms with Gasteiger partial charge in [-0.1, -0.05) is 18.2 Å². The molecule has 0 bridgehead atoms. The molecule has 122 valence electrons. The van der Waals surface area contributed by atoms with Crippen molar-refractivity contribution >= 4 is 11.8 Å². The number of carbonyl (C=O) groups is 2. The second kappa shape index (κ2) is 7.00. The summed E-state index contributed by atoms with van der Waals surface area (Å²) in [6, 6.07) is 16.0. The van der Waals surface area contributed by atoms with E-state index in [2.05, 4.69) is 5.32 Å². The van der Waals surface area contributed by atoms with E-state index in [0.717, 1.165) is 5.70 Å². The zero-order valence-electron chi connectivity index (χ0n) is 13.4. The van der Waals surface area contributed by atoms with Gasteiger partial charge in [0.25, 0.3) is 11.8 Å². The van der Waals surface area contributed by atoms with E-state index in [1.807, 2.05) is 18.2 Å². The Kier molecular flexibility index (Phi) is 4.61. The fourth-order valence-electron chi connectivity index (χ4n) is 2.52. The first-order valence-corrected chi connectivity index (χ1v) is 7.69. The molecule has 0 saturated carbocycles. The molecular weight excluding hydrogens is 304 g/mol. The fourth-order valence-corrected chi connectivity index (χ4v) is 2.52. The molecule has 24 heavy (non-hydrogen) atoms. The lowest BCUT2D eigenvalue weighted by Gasteiger charge is -2.12. The predicted molar refractivity (Wildman–Crippen MR) is 90.6 cm³/mol. The molecule has 0 saturated heterocycles. The van der Waals surface area contributed by atoms with E-state index < -0.39 is 0 Å². The highest BCUT2D eigenvalue weighted by Crippen LogP contribution is 2.17. The Morgan fingerprint density at radius 3 is 2.38 bits per heavy atom. The molecule has 0 radical (unpaired) electrons. The van der Waals surface area contributed by atoms with Crippen LogP contribution in [0.4, 0.5) is 0 Å².